The van der Waals surface area contributed by atoms with Gasteiger partial charge >= 0.3 is 6.09 Å². The Labute approximate surface area is 170 Å². The topological polar surface area (TPSA) is 61.9 Å². The zero-order chi connectivity index (χ0) is 20.1. The summed E-state index contributed by atoms with van der Waals surface area (Å²) in [5.74, 6) is -0.110. The number of halogens is 2. The van der Waals surface area contributed by atoms with Crippen LogP contribution in [-0.2, 0) is 9.53 Å². The normalized spacial score (nSPS) is 16.5. The summed E-state index contributed by atoms with van der Waals surface area (Å²) in [5, 5.41) is 4.08. The van der Waals surface area contributed by atoms with Gasteiger partial charge in [-0.05, 0) is 64.5 Å². The summed E-state index contributed by atoms with van der Waals surface area (Å²) >= 11 is 12.2. The Hall–Kier alpha value is -1.50. The fourth-order valence-electron chi connectivity index (χ4n) is 3.18. The molecule has 1 aliphatic rings. The molecular formula is C19H27Cl2N3O3. The molecule has 27 heavy (non-hydrogen) atoms. The number of benzene rings is 1. The van der Waals surface area contributed by atoms with Crippen molar-refractivity contribution in [3.8, 4) is 0 Å². The van der Waals surface area contributed by atoms with Gasteiger partial charge in [-0.15, -0.1) is 0 Å². The Morgan fingerprint density at radius 2 is 1.70 bits per heavy atom. The molecule has 1 saturated heterocycles. The van der Waals surface area contributed by atoms with E-state index in [4.69, 9.17) is 27.9 Å². The minimum Gasteiger partial charge on any atom is -0.447 e. The Balaban J connectivity index is 1.98. The SMILES string of the molecule is CC(C)OC(=O)N1CCC(NC(=O)C(c2cc(Cl)cc(Cl)c2)N(C)C)CC1. The predicted octanol–water partition coefficient (Wildman–Crippen LogP) is 3.72. The molecule has 1 fully saturated rings. The number of hydrogen-bond acceptors (Lipinski definition) is 4. The van der Waals surface area contributed by atoms with Crippen molar-refractivity contribution in [3.05, 3.63) is 33.8 Å². The number of carbonyl (C=O) groups is 2. The summed E-state index contributed by atoms with van der Waals surface area (Å²) in [6.45, 7) is 4.78. The molecule has 150 valence electrons. The molecule has 1 N–H and O–H groups in total. The molecule has 1 atom stereocenters. The molecule has 8 heteroatoms. The van der Waals surface area contributed by atoms with Crippen LogP contribution in [0.1, 0.15) is 38.3 Å². The first kappa shape index (κ1) is 21.8. The highest BCUT2D eigenvalue weighted by molar-refractivity contribution is 6.34. The fourth-order valence-corrected chi connectivity index (χ4v) is 3.72. The number of hydrogen-bond donors (Lipinski definition) is 1. The third kappa shape index (κ3) is 6.26. The molecule has 1 aromatic carbocycles. The molecule has 2 amide bonds. The molecule has 1 unspecified atom stereocenters. The first-order chi connectivity index (χ1) is 12.7. The second-order valence-electron chi connectivity index (χ2n) is 7.27. The van der Waals surface area contributed by atoms with Crippen molar-refractivity contribution < 1.29 is 14.3 Å². The summed E-state index contributed by atoms with van der Waals surface area (Å²) < 4.78 is 5.22. The summed E-state index contributed by atoms with van der Waals surface area (Å²) in [6.07, 6.45) is 0.944. The third-order valence-electron chi connectivity index (χ3n) is 4.40. The van der Waals surface area contributed by atoms with Crippen LogP contribution in [0.25, 0.3) is 0 Å². The molecule has 2 rings (SSSR count). The van der Waals surface area contributed by atoms with Crippen LogP contribution in [0.2, 0.25) is 10.0 Å². The van der Waals surface area contributed by atoms with Gasteiger partial charge < -0.3 is 15.0 Å². The van der Waals surface area contributed by atoms with Crippen LogP contribution in [-0.4, -0.2) is 61.1 Å². The van der Waals surface area contributed by atoms with Crippen LogP contribution >= 0.6 is 23.2 Å². The molecule has 1 heterocycles. The lowest BCUT2D eigenvalue weighted by Crippen LogP contribution is -2.49. The molecule has 0 bridgehead atoms. The van der Waals surface area contributed by atoms with Crippen molar-refractivity contribution in [2.45, 2.75) is 44.9 Å². The van der Waals surface area contributed by atoms with Gasteiger partial charge in [0.15, 0.2) is 0 Å². The minimum absolute atomic E-state index is 0.0118. The first-order valence-electron chi connectivity index (χ1n) is 9.05. The van der Waals surface area contributed by atoms with E-state index in [-0.39, 0.29) is 24.1 Å². The smallest absolute Gasteiger partial charge is 0.410 e. The lowest BCUT2D eigenvalue weighted by molar-refractivity contribution is -0.126. The predicted molar refractivity (Wildman–Crippen MR) is 107 cm³/mol. The van der Waals surface area contributed by atoms with E-state index in [0.717, 1.165) is 5.56 Å². The van der Waals surface area contributed by atoms with Gasteiger partial charge in [-0.3, -0.25) is 9.69 Å². The van der Waals surface area contributed by atoms with Crippen LogP contribution in [0.5, 0.6) is 0 Å². The number of rotatable bonds is 5. The van der Waals surface area contributed by atoms with Crippen molar-refractivity contribution in [2.24, 2.45) is 0 Å². The molecule has 6 nitrogen and oxygen atoms in total. The van der Waals surface area contributed by atoms with E-state index in [1.165, 1.54) is 0 Å². The van der Waals surface area contributed by atoms with Gasteiger partial charge in [0, 0.05) is 29.2 Å². The minimum atomic E-state index is -0.495. The Kier molecular flexibility index (Phi) is 7.77. The number of amides is 2. The standard InChI is InChI=1S/C19H27Cl2N3O3/c1-12(2)27-19(26)24-7-5-16(6-8-24)22-18(25)17(23(3)4)13-9-14(20)11-15(21)10-13/h9-12,16-17H,5-8H2,1-4H3,(H,22,25). The highest BCUT2D eigenvalue weighted by Crippen LogP contribution is 2.27. The van der Waals surface area contributed by atoms with Gasteiger partial charge in [0.05, 0.1) is 6.10 Å². The number of likely N-dealkylation sites (N-methyl/N-ethyl adjacent to an activating group) is 1. The molecule has 1 aromatic rings. The van der Waals surface area contributed by atoms with Gasteiger partial charge in [-0.2, -0.15) is 0 Å². The lowest BCUT2D eigenvalue weighted by atomic mass is 10.0. The summed E-state index contributed by atoms with van der Waals surface area (Å²) in [6, 6.07) is 4.66. The van der Waals surface area contributed by atoms with Crippen molar-refractivity contribution in [3.63, 3.8) is 0 Å². The van der Waals surface area contributed by atoms with E-state index in [9.17, 15) is 9.59 Å². The van der Waals surface area contributed by atoms with Crippen molar-refractivity contribution in [1.82, 2.24) is 15.1 Å². The Morgan fingerprint density at radius 3 is 2.19 bits per heavy atom. The van der Waals surface area contributed by atoms with E-state index < -0.39 is 6.04 Å². The molecule has 0 spiro atoms. The molecular weight excluding hydrogens is 389 g/mol. The number of nitrogens with one attached hydrogen (secondary N) is 1. The molecule has 0 radical (unpaired) electrons. The molecule has 0 saturated carbocycles. The first-order valence-corrected chi connectivity index (χ1v) is 9.81. The Bertz CT molecular complexity index is 654. The number of carbonyl (C=O) groups excluding carboxylic acids is 2. The Morgan fingerprint density at radius 1 is 1.15 bits per heavy atom. The molecule has 0 aromatic heterocycles. The third-order valence-corrected chi connectivity index (χ3v) is 4.84. The maximum Gasteiger partial charge on any atom is 0.410 e. The van der Waals surface area contributed by atoms with Gasteiger partial charge in [-0.1, -0.05) is 23.2 Å². The maximum atomic E-state index is 12.9. The number of nitrogens with zero attached hydrogens (tertiary/aromatic N) is 2. The van der Waals surface area contributed by atoms with Gasteiger partial charge in [0.1, 0.15) is 6.04 Å². The average molecular weight is 416 g/mol. The number of likely N-dealkylation sites (tertiary alicyclic amines) is 1. The van der Waals surface area contributed by atoms with E-state index in [1.54, 1.807) is 23.1 Å². The van der Waals surface area contributed by atoms with Crippen LogP contribution in [0, 0.1) is 0 Å². The van der Waals surface area contributed by atoms with Crippen molar-refractivity contribution >= 4 is 35.2 Å². The fraction of sp³-hybridized carbons (Fsp3) is 0.579. The van der Waals surface area contributed by atoms with Crippen LogP contribution < -0.4 is 5.32 Å². The summed E-state index contributed by atoms with van der Waals surface area (Å²) in [7, 11) is 3.67. The maximum absolute atomic E-state index is 12.9. The second-order valence-corrected chi connectivity index (χ2v) is 8.14. The van der Waals surface area contributed by atoms with Gasteiger partial charge in [0.2, 0.25) is 5.91 Å². The van der Waals surface area contributed by atoms with Gasteiger partial charge in [-0.25, -0.2) is 4.79 Å². The highest BCUT2D eigenvalue weighted by atomic mass is 35.5. The highest BCUT2D eigenvalue weighted by Gasteiger charge is 2.29. The second kappa shape index (κ2) is 9.62. The summed E-state index contributed by atoms with van der Waals surface area (Å²) in [4.78, 5) is 28.4. The van der Waals surface area contributed by atoms with E-state index >= 15 is 0 Å². The zero-order valence-electron chi connectivity index (χ0n) is 16.2. The largest absolute Gasteiger partial charge is 0.447 e. The van der Waals surface area contributed by atoms with E-state index in [2.05, 4.69) is 5.32 Å². The zero-order valence-corrected chi connectivity index (χ0v) is 17.7. The lowest BCUT2D eigenvalue weighted by Gasteiger charge is -2.33. The molecule has 0 aliphatic carbocycles. The number of ether oxygens (including phenoxy) is 1. The van der Waals surface area contributed by atoms with E-state index in [1.807, 2.05) is 32.8 Å². The summed E-state index contributed by atoms with van der Waals surface area (Å²) in [5.41, 5.74) is 0.743. The van der Waals surface area contributed by atoms with Crippen LogP contribution in [0.4, 0.5) is 4.79 Å². The van der Waals surface area contributed by atoms with E-state index in [0.29, 0.717) is 36.0 Å². The van der Waals surface area contributed by atoms with Gasteiger partial charge in [0.25, 0.3) is 0 Å². The van der Waals surface area contributed by atoms with Crippen LogP contribution in [0.3, 0.4) is 0 Å². The van der Waals surface area contributed by atoms with Crippen molar-refractivity contribution in [1.29, 1.82) is 0 Å². The average Bonchev–Trinajstić information content (AvgIpc) is 2.53. The quantitative estimate of drug-likeness (QED) is 0.795. The van der Waals surface area contributed by atoms with Crippen LogP contribution in [0.15, 0.2) is 18.2 Å². The number of piperidine rings is 1. The molecule has 1 aliphatic heterocycles. The monoisotopic (exact) mass is 415 g/mol. The van der Waals surface area contributed by atoms with Crippen molar-refractivity contribution in [2.75, 3.05) is 27.2 Å².